The fourth-order valence-electron chi connectivity index (χ4n) is 3.17. The van der Waals surface area contributed by atoms with E-state index in [1.54, 1.807) is 0 Å². The minimum atomic E-state index is 0.183. The molecule has 0 unspecified atom stereocenters. The average Bonchev–Trinajstić information content (AvgIpc) is 2.51. The standard InChI is InChI=1S/C18H38N4O/c1-5-6-12-21(4)15-17-8-13-22(14-9-17)16-18(23)19-10-7-11-20(2)3/h17H,5-16H2,1-4H3,(H,19,23). The molecule has 1 aliphatic rings. The van der Waals surface area contributed by atoms with Crippen LogP contribution in [-0.4, -0.2) is 87.6 Å². The Morgan fingerprint density at radius 2 is 1.83 bits per heavy atom. The summed E-state index contributed by atoms with van der Waals surface area (Å²) in [5, 5.41) is 3.04. The fraction of sp³-hybridized carbons (Fsp3) is 0.944. The Bertz CT molecular complexity index is 314. The molecule has 136 valence electrons. The van der Waals surface area contributed by atoms with E-state index < -0.39 is 0 Å². The molecule has 1 fully saturated rings. The normalized spacial score (nSPS) is 17.1. The summed E-state index contributed by atoms with van der Waals surface area (Å²) in [5.41, 5.74) is 0. The van der Waals surface area contributed by atoms with Crippen LogP contribution in [-0.2, 0) is 4.79 Å². The molecule has 0 saturated carbocycles. The molecule has 1 saturated heterocycles. The maximum Gasteiger partial charge on any atom is 0.234 e. The zero-order valence-electron chi connectivity index (χ0n) is 15.8. The highest BCUT2D eigenvalue weighted by Crippen LogP contribution is 2.17. The molecule has 0 bridgehead atoms. The monoisotopic (exact) mass is 326 g/mol. The Morgan fingerprint density at radius 3 is 2.43 bits per heavy atom. The molecule has 5 heteroatoms. The van der Waals surface area contributed by atoms with Crippen molar-refractivity contribution in [3.63, 3.8) is 0 Å². The van der Waals surface area contributed by atoms with Crippen LogP contribution in [0.15, 0.2) is 0 Å². The molecular weight excluding hydrogens is 288 g/mol. The third-order valence-corrected chi connectivity index (χ3v) is 4.64. The van der Waals surface area contributed by atoms with Crippen molar-refractivity contribution in [1.29, 1.82) is 0 Å². The number of nitrogens with one attached hydrogen (secondary N) is 1. The van der Waals surface area contributed by atoms with Crippen LogP contribution in [0.2, 0.25) is 0 Å². The molecular formula is C18H38N4O. The molecule has 0 radical (unpaired) electrons. The van der Waals surface area contributed by atoms with Gasteiger partial charge in [-0.2, -0.15) is 0 Å². The van der Waals surface area contributed by atoms with Gasteiger partial charge in [0.1, 0.15) is 0 Å². The molecule has 1 amide bonds. The Balaban J connectivity index is 2.10. The van der Waals surface area contributed by atoms with E-state index in [1.165, 1.54) is 38.8 Å². The number of hydrogen-bond donors (Lipinski definition) is 1. The highest BCUT2D eigenvalue weighted by molar-refractivity contribution is 5.77. The first-order valence-corrected chi connectivity index (χ1v) is 9.33. The minimum absolute atomic E-state index is 0.183. The highest BCUT2D eigenvalue weighted by Gasteiger charge is 2.21. The van der Waals surface area contributed by atoms with Gasteiger partial charge in [-0.15, -0.1) is 0 Å². The molecule has 5 nitrogen and oxygen atoms in total. The van der Waals surface area contributed by atoms with Crippen LogP contribution < -0.4 is 5.32 Å². The van der Waals surface area contributed by atoms with Crippen LogP contribution >= 0.6 is 0 Å². The van der Waals surface area contributed by atoms with Crippen molar-refractivity contribution in [3.05, 3.63) is 0 Å². The molecule has 0 atom stereocenters. The predicted octanol–water partition coefficient (Wildman–Crippen LogP) is 1.50. The SMILES string of the molecule is CCCCN(C)CC1CCN(CC(=O)NCCCN(C)C)CC1. The lowest BCUT2D eigenvalue weighted by Crippen LogP contribution is -2.43. The maximum atomic E-state index is 12.0. The van der Waals surface area contributed by atoms with Crippen molar-refractivity contribution in [2.75, 3.05) is 67.0 Å². The third-order valence-electron chi connectivity index (χ3n) is 4.64. The van der Waals surface area contributed by atoms with Gasteiger partial charge >= 0.3 is 0 Å². The second-order valence-electron chi connectivity index (χ2n) is 7.34. The van der Waals surface area contributed by atoms with E-state index in [1.807, 2.05) is 0 Å². The van der Waals surface area contributed by atoms with E-state index in [0.29, 0.717) is 6.54 Å². The quantitative estimate of drug-likeness (QED) is 0.584. The van der Waals surface area contributed by atoms with Crippen LogP contribution in [0.5, 0.6) is 0 Å². The number of likely N-dealkylation sites (tertiary alicyclic amines) is 1. The van der Waals surface area contributed by atoms with Gasteiger partial charge in [-0.1, -0.05) is 13.3 Å². The van der Waals surface area contributed by atoms with E-state index in [2.05, 4.69) is 48.1 Å². The van der Waals surface area contributed by atoms with Crippen LogP contribution in [0, 0.1) is 5.92 Å². The third kappa shape index (κ3) is 9.95. The number of unbranched alkanes of at least 4 members (excludes halogenated alkanes) is 1. The second-order valence-corrected chi connectivity index (χ2v) is 7.34. The summed E-state index contributed by atoms with van der Waals surface area (Å²) in [6.07, 6.45) is 6.04. The molecule has 0 aromatic heterocycles. The Morgan fingerprint density at radius 1 is 1.13 bits per heavy atom. The minimum Gasteiger partial charge on any atom is -0.355 e. The van der Waals surface area contributed by atoms with Crippen LogP contribution in [0.3, 0.4) is 0 Å². The summed E-state index contributed by atoms with van der Waals surface area (Å²) < 4.78 is 0. The molecule has 23 heavy (non-hydrogen) atoms. The van der Waals surface area contributed by atoms with Gasteiger partial charge in [0, 0.05) is 13.1 Å². The van der Waals surface area contributed by atoms with Crippen LogP contribution in [0.25, 0.3) is 0 Å². The molecule has 1 heterocycles. The van der Waals surface area contributed by atoms with Gasteiger partial charge in [-0.25, -0.2) is 0 Å². The average molecular weight is 327 g/mol. The highest BCUT2D eigenvalue weighted by atomic mass is 16.2. The lowest BCUT2D eigenvalue weighted by Gasteiger charge is -2.33. The van der Waals surface area contributed by atoms with Crippen molar-refractivity contribution < 1.29 is 4.79 Å². The molecule has 1 N–H and O–H groups in total. The van der Waals surface area contributed by atoms with Crippen molar-refractivity contribution in [2.24, 2.45) is 5.92 Å². The van der Waals surface area contributed by atoms with E-state index >= 15 is 0 Å². The summed E-state index contributed by atoms with van der Waals surface area (Å²) in [6, 6.07) is 0. The van der Waals surface area contributed by atoms with Crippen molar-refractivity contribution >= 4 is 5.91 Å². The topological polar surface area (TPSA) is 38.8 Å². The van der Waals surface area contributed by atoms with Gasteiger partial charge in [0.25, 0.3) is 0 Å². The molecule has 0 spiro atoms. The number of carbonyl (C=O) groups excluding carboxylic acids is 1. The van der Waals surface area contributed by atoms with Gasteiger partial charge < -0.3 is 15.1 Å². The van der Waals surface area contributed by atoms with Gasteiger partial charge in [0.05, 0.1) is 6.54 Å². The van der Waals surface area contributed by atoms with E-state index in [4.69, 9.17) is 0 Å². The van der Waals surface area contributed by atoms with Gasteiger partial charge in [0.15, 0.2) is 0 Å². The summed E-state index contributed by atoms with van der Waals surface area (Å²) in [6.45, 7) is 9.19. The molecule has 1 aliphatic heterocycles. The summed E-state index contributed by atoms with van der Waals surface area (Å²) in [7, 11) is 6.36. The van der Waals surface area contributed by atoms with Crippen LogP contribution in [0.4, 0.5) is 0 Å². The molecule has 0 aromatic carbocycles. The van der Waals surface area contributed by atoms with Crippen LogP contribution in [0.1, 0.15) is 39.0 Å². The van der Waals surface area contributed by atoms with Crippen molar-refractivity contribution in [2.45, 2.75) is 39.0 Å². The maximum absolute atomic E-state index is 12.0. The number of hydrogen-bond acceptors (Lipinski definition) is 4. The van der Waals surface area contributed by atoms with Crippen molar-refractivity contribution in [1.82, 2.24) is 20.0 Å². The number of rotatable bonds is 11. The Kier molecular flexibility index (Phi) is 10.5. The summed E-state index contributed by atoms with van der Waals surface area (Å²) in [5.74, 6) is 0.985. The number of amides is 1. The van der Waals surface area contributed by atoms with Gasteiger partial charge in [0.2, 0.25) is 5.91 Å². The number of nitrogens with zero attached hydrogens (tertiary/aromatic N) is 3. The smallest absolute Gasteiger partial charge is 0.234 e. The Hall–Kier alpha value is -0.650. The predicted molar refractivity (Wildman–Crippen MR) is 97.7 cm³/mol. The summed E-state index contributed by atoms with van der Waals surface area (Å²) in [4.78, 5) is 18.9. The van der Waals surface area contributed by atoms with E-state index in [-0.39, 0.29) is 5.91 Å². The number of piperidine rings is 1. The first-order chi connectivity index (χ1) is 11.0. The largest absolute Gasteiger partial charge is 0.355 e. The zero-order valence-corrected chi connectivity index (χ0v) is 15.8. The van der Waals surface area contributed by atoms with Gasteiger partial charge in [-0.05, 0) is 78.9 Å². The van der Waals surface area contributed by atoms with E-state index in [9.17, 15) is 4.79 Å². The lowest BCUT2D eigenvalue weighted by molar-refractivity contribution is -0.122. The summed E-state index contributed by atoms with van der Waals surface area (Å²) >= 11 is 0. The zero-order chi connectivity index (χ0) is 17.1. The van der Waals surface area contributed by atoms with Crippen molar-refractivity contribution in [3.8, 4) is 0 Å². The fourth-order valence-corrected chi connectivity index (χ4v) is 3.17. The first-order valence-electron chi connectivity index (χ1n) is 9.33. The first kappa shape index (κ1) is 20.4. The molecule has 0 aliphatic carbocycles. The second kappa shape index (κ2) is 11.8. The number of carbonyl (C=O) groups is 1. The Labute approximate surface area is 143 Å². The van der Waals surface area contributed by atoms with Gasteiger partial charge in [-0.3, -0.25) is 9.69 Å². The molecule has 0 aromatic rings. The van der Waals surface area contributed by atoms with E-state index in [0.717, 1.165) is 38.5 Å². The lowest BCUT2D eigenvalue weighted by atomic mass is 9.96. The molecule has 1 rings (SSSR count).